The maximum atomic E-state index is 10.5. The van der Waals surface area contributed by atoms with Crippen LogP contribution in [0.4, 0.5) is 0 Å². The highest BCUT2D eigenvalue weighted by Gasteiger charge is 2.51. The maximum Gasteiger partial charge on any atom is 0.222 e. The molecular weight excluding hydrogens is 216 g/mol. The molecule has 0 aromatic rings. The van der Waals surface area contributed by atoms with Gasteiger partial charge in [0, 0.05) is 6.21 Å². The van der Waals surface area contributed by atoms with E-state index in [0.717, 1.165) is 0 Å². The maximum absolute atomic E-state index is 10.5. The Bertz CT molecular complexity index is 292. The van der Waals surface area contributed by atoms with Gasteiger partial charge in [-0.15, -0.1) is 0 Å². The van der Waals surface area contributed by atoms with Gasteiger partial charge in [0.1, 0.15) is 17.8 Å². The first kappa shape index (κ1) is 13.0. The number of carbonyl (C=O) groups excluding carboxylic acids is 1. The van der Waals surface area contributed by atoms with E-state index in [0.29, 0.717) is 0 Å². The Morgan fingerprint density at radius 2 is 2.31 bits per heavy atom. The van der Waals surface area contributed by atoms with E-state index in [-0.39, 0.29) is 6.42 Å². The average molecular weight is 232 g/mol. The Kier molecular flexibility index (Phi) is 3.98. The number of aliphatic hydroxyl groups excluding tert-OH is 2. The zero-order valence-electron chi connectivity index (χ0n) is 8.91. The van der Waals surface area contributed by atoms with Crippen molar-refractivity contribution in [3.05, 3.63) is 0 Å². The first-order valence-corrected chi connectivity index (χ1v) is 4.86. The molecule has 0 radical (unpaired) electrons. The highest BCUT2D eigenvalue weighted by molar-refractivity contribution is 5.88. The molecule has 0 aromatic heterocycles. The van der Waals surface area contributed by atoms with Crippen LogP contribution >= 0.6 is 0 Å². The molecule has 16 heavy (non-hydrogen) atoms. The molecule has 1 fully saturated rings. The first-order chi connectivity index (χ1) is 7.39. The summed E-state index contributed by atoms with van der Waals surface area (Å²) in [6, 6.07) is 0. The lowest BCUT2D eigenvalue weighted by Crippen LogP contribution is -2.45. The van der Waals surface area contributed by atoms with Gasteiger partial charge < -0.3 is 25.8 Å². The molecule has 1 amide bonds. The van der Waals surface area contributed by atoms with Crippen molar-refractivity contribution in [2.24, 2.45) is 10.7 Å². The number of aliphatic imine (C=N–C) groups is 1. The Balaban J connectivity index is 2.67. The lowest BCUT2D eigenvalue weighted by atomic mass is 9.97. The van der Waals surface area contributed by atoms with Crippen molar-refractivity contribution in [2.45, 2.75) is 37.4 Å². The largest absolute Gasteiger partial charge is 0.394 e. The molecule has 0 spiro atoms. The summed E-state index contributed by atoms with van der Waals surface area (Å²) in [5.74, 6) is -0.555. The summed E-state index contributed by atoms with van der Waals surface area (Å²) in [5, 5.41) is 28.3. The standard InChI is InChI=1S/C9H16N2O5/c1-9(15)7(14)5(4-12)16-8(9)11-3-2-6(10)13/h3,5,7-8,12,14-15H,2,4H2,1H3,(H2,10,13). The number of aliphatic hydroxyl groups is 3. The molecule has 92 valence electrons. The molecule has 1 rings (SSSR count). The number of amides is 1. The fourth-order valence-corrected chi connectivity index (χ4v) is 1.47. The van der Waals surface area contributed by atoms with Crippen LogP contribution < -0.4 is 5.73 Å². The summed E-state index contributed by atoms with van der Waals surface area (Å²) >= 11 is 0. The van der Waals surface area contributed by atoms with Crippen LogP contribution in [0.25, 0.3) is 0 Å². The van der Waals surface area contributed by atoms with Crippen LogP contribution in [-0.2, 0) is 9.53 Å². The van der Waals surface area contributed by atoms with Gasteiger partial charge in [0.2, 0.25) is 5.91 Å². The van der Waals surface area contributed by atoms with E-state index in [9.17, 15) is 15.0 Å². The van der Waals surface area contributed by atoms with Crippen molar-refractivity contribution < 1.29 is 24.9 Å². The molecule has 5 N–H and O–H groups in total. The lowest BCUT2D eigenvalue weighted by Gasteiger charge is -2.23. The van der Waals surface area contributed by atoms with E-state index >= 15 is 0 Å². The van der Waals surface area contributed by atoms with Crippen molar-refractivity contribution in [1.82, 2.24) is 0 Å². The fourth-order valence-electron chi connectivity index (χ4n) is 1.47. The van der Waals surface area contributed by atoms with Crippen molar-refractivity contribution in [1.29, 1.82) is 0 Å². The van der Waals surface area contributed by atoms with Gasteiger partial charge in [0.05, 0.1) is 13.0 Å². The second-order valence-electron chi connectivity index (χ2n) is 3.88. The second kappa shape index (κ2) is 4.88. The average Bonchev–Trinajstić information content (AvgIpc) is 2.41. The SMILES string of the molecule is CC1(O)C(N=CCC(N)=O)OC(CO)C1O. The third-order valence-corrected chi connectivity index (χ3v) is 2.47. The van der Waals surface area contributed by atoms with E-state index in [2.05, 4.69) is 4.99 Å². The summed E-state index contributed by atoms with van der Waals surface area (Å²) in [6.07, 6.45) is -1.98. The molecule has 7 heteroatoms. The smallest absolute Gasteiger partial charge is 0.222 e. The first-order valence-electron chi connectivity index (χ1n) is 4.86. The highest BCUT2D eigenvalue weighted by Crippen LogP contribution is 2.31. The molecule has 1 heterocycles. The summed E-state index contributed by atoms with van der Waals surface area (Å²) in [4.78, 5) is 14.3. The number of nitrogens with two attached hydrogens (primary N) is 1. The number of nitrogens with zero attached hydrogens (tertiary/aromatic N) is 1. The minimum Gasteiger partial charge on any atom is -0.394 e. The van der Waals surface area contributed by atoms with Crippen LogP contribution in [0.1, 0.15) is 13.3 Å². The van der Waals surface area contributed by atoms with Gasteiger partial charge in [-0.1, -0.05) is 0 Å². The van der Waals surface area contributed by atoms with Crippen LogP contribution in [0, 0.1) is 0 Å². The van der Waals surface area contributed by atoms with Crippen molar-refractivity contribution in [3.8, 4) is 0 Å². The second-order valence-corrected chi connectivity index (χ2v) is 3.88. The number of hydrogen-bond acceptors (Lipinski definition) is 6. The summed E-state index contributed by atoms with van der Waals surface area (Å²) in [6.45, 7) is 0.929. The quantitative estimate of drug-likeness (QED) is 0.408. The molecule has 4 atom stereocenters. The number of carbonyl (C=O) groups is 1. The van der Waals surface area contributed by atoms with Crippen molar-refractivity contribution in [3.63, 3.8) is 0 Å². The summed E-state index contributed by atoms with van der Waals surface area (Å²) in [5.41, 5.74) is 3.31. The van der Waals surface area contributed by atoms with Gasteiger partial charge in [-0.05, 0) is 6.92 Å². The minimum absolute atomic E-state index is 0.0736. The van der Waals surface area contributed by atoms with Crippen molar-refractivity contribution >= 4 is 12.1 Å². The van der Waals surface area contributed by atoms with Gasteiger partial charge in [-0.2, -0.15) is 0 Å². The van der Waals surface area contributed by atoms with Crippen LogP contribution in [0.5, 0.6) is 0 Å². The normalized spacial score (nSPS) is 39.4. The molecule has 0 aromatic carbocycles. The van der Waals surface area contributed by atoms with E-state index in [1.165, 1.54) is 13.1 Å². The zero-order valence-corrected chi connectivity index (χ0v) is 8.91. The number of ether oxygens (including phenoxy) is 1. The van der Waals surface area contributed by atoms with Gasteiger partial charge in [0.15, 0.2) is 6.23 Å². The number of hydrogen-bond donors (Lipinski definition) is 4. The minimum atomic E-state index is -1.60. The molecule has 1 saturated heterocycles. The molecule has 1 aliphatic rings. The van der Waals surface area contributed by atoms with E-state index in [1.807, 2.05) is 0 Å². The van der Waals surface area contributed by atoms with Crippen LogP contribution in [-0.4, -0.2) is 58.1 Å². The number of rotatable bonds is 4. The van der Waals surface area contributed by atoms with Gasteiger partial charge in [-0.3, -0.25) is 9.79 Å². The Morgan fingerprint density at radius 1 is 1.69 bits per heavy atom. The predicted molar refractivity (Wildman–Crippen MR) is 54.7 cm³/mol. The van der Waals surface area contributed by atoms with Crippen LogP contribution in [0.15, 0.2) is 4.99 Å². The Morgan fingerprint density at radius 3 is 2.75 bits per heavy atom. The molecule has 0 saturated carbocycles. The topological polar surface area (TPSA) is 125 Å². The Labute approximate surface area is 92.5 Å². The number of primary amides is 1. The van der Waals surface area contributed by atoms with E-state index in [1.54, 1.807) is 0 Å². The molecule has 7 nitrogen and oxygen atoms in total. The highest BCUT2D eigenvalue weighted by atomic mass is 16.6. The van der Waals surface area contributed by atoms with Crippen LogP contribution in [0.2, 0.25) is 0 Å². The monoisotopic (exact) mass is 232 g/mol. The third kappa shape index (κ3) is 2.56. The summed E-state index contributed by atoms with van der Waals surface area (Å²) < 4.78 is 5.12. The Hall–Kier alpha value is -1.02. The van der Waals surface area contributed by atoms with Gasteiger partial charge in [0.25, 0.3) is 0 Å². The summed E-state index contributed by atoms with van der Waals surface area (Å²) in [7, 11) is 0. The fraction of sp³-hybridized carbons (Fsp3) is 0.778. The third-order valence-electron chi connectivity index (χ3n) is 2.47. The van der Waals surface area contributed by atoms with Gasteiger partial charge in [-0.25, -0.2) is 0 Å². The molecular formula is C9H16N2O5. The molecule has 4 unspecified atom stereocenters. The van der Waals surface area contributed by atoms with E-state index < -0.39 is 36.6 Å². The molecule has 1 aliphatic heterocycles. The van der Waals surface area contributed by atoms with Crippen molar-refractivity contribution in [2.75, 3.05) is 6.61 Å². The predicted octanol–water partition coefficient (Wildman–Crippen LogP) is -2.24. The van der Waals surface area contributed by atoms with E-state index in [4.69, 9.17) is 15.6 Å². The molecule has 0 bridgehead atoms. The molecule has 0 aliphatic carbocycles. The van der Waals surface area contributed by atoms with Crippen LogP contribution in [0.3, 0.4) is 0 Å². The van der Waals surface area contributed by atoms with Gasteiger partial charge >= 0.3 is 0 Å². The zero-order chi connectivity index (χ0) is 12.3. The lowest BCUT2D eigenvalue weighted by molar-refractivity contribution is -0.116.